The molecule has 2 N–H and O–H groups in total. The van der Waals surface area contributed by atoms with Crippen LogP contribution < -0.4 is 11.3 Å². The van der Waals surface area contributed by atoms with Crippen molar-refractivity contribution < 1.29 is 4.79 Å². The number of hydrogen-bond donors (Lipinski definition) is 1. The first-order valence-electron chi connectivity index (χ1n) is 7.71. The van der Waals surface area contributed by atoms with Crippen molar-refractivity contribution in [1.29, 1.82) is 10.5 Å². The zero-order chi connectivity index (χ0) is 18.5. The number of nitrogens with two attached hydrogens (primary N) is 1. The summed E-state index contributed by atoms with van der Waals surface area (Å²) in [6.07, 6.45) is 0.978. The molecule has 2 aromatic rings. The van der Waals surface area contributed by atoms with Crippen molar-refractivity contribution >= 4 is 22.9 Å². The van der Waals surface area contributed by atoms with E-state index in [0.29, 0.717) is 39.4 Å². The third-order valence-electron chi connectivity index (χ3n) is 4.41. The summed E-state index contributed by atoms with van der Waals surface area (Å²) in [4.78, 5) is 25.5. The van der Waals surface area contributed by atoms with Gasteiger partial charge >= 0.3 is 0 Å². The van der Waals surface area contributed by atoms with Crippen molar-refractivity contribution in [3.05, 3.63) is 43.6 Å². The van der Waals surface area contributed by atoms with Gasteiger partial charge in [-0.15, -0.1) is 11.3 Å². The van der Waals surface area contributed by atoms with Gasteiger partial charge in [-0.05, 0) is 29.9 Å². The van der Waals surface area contributed by atoms with Gasteiger partial charge in [0, 0.05) is 12.5 Å². The molecule has 2 heterocycles. The topological polar surface area (TPSA) is 113 Å². The van der Waals surface area contributed by atoms with Gasteiger partial charge in [-0.1, -0.05) is 13.8 Å². The third-order valence-corrected chi connectivity index (χ3v) is 5.67. The minimum atomic E-state index is -0.421. The Balaban J connectivity index is 2.36. The average molecular weight is 352 g/mol. The molecule has 0 radical (unpaired) electrons. The minimum absolute atomic E-state index is 0.00527. The summed E-state index contributed by atoms with van der Waals surface area (Å²) in [6, 6.07) is 5.44. The number of Topliss-reactive ketones (excluding diaryl/α,β-unsaturated/α-hetero) is 1. The van der Waals surface area contributed by atoms with Crippen LogP contribution in [-0.2, 0) is 6.42 Å². The molecule has 3 rings (SSSR count). The number of pyridine rings is 1. The van der Waals surface area contributed by atoms with Gasteiger partial charge in [0.05, 0.1) is 16.0 Å². The smallest absolute Gasteiger partial charge is 0.257 e. The number of fused-ring (bicyclic) bond motifs is 1. The lowest BCUT2D eigenvalue weighted by Crippen LogP contribution is -2.26. The predicted molar refractivity (Wildman–Crippen MR) is 94.9 cm³/mol. The highest BCUT2D eigenvalue weighted by Crippen LogP contribution is 2.42. The van der Waals surface area contributed by atoms with E-state index in [1.807, 2.05) is 19.9 Å². The number of hydrogen-bond acceptors (Lipinski definition) is 6. The first-order valence-corrected chi connectivity index (χ1v) is 8.53. The second-order valence-electron chi connectivity index (χ2n) is 7.02. The fourth-order valence-corrected chi connectivity index (χ4v) is 4.51. The van der Waals surface area contributed by atoms with Crippen molar-refractivity contribution in [2.45, 2.75) is 33.6 Å². The lowest BCUT2D eigenvalue weighted by Gasteiger charge is -2.28. The molecule has 25 heavy (non-hydrogen) atoms. The van der Waals surface area contributed by atoms with Crippen LogP contribution in [0.1, 0.15) is 52.2 Å². The first-order chi connectivity index (χ1) is 11.7. The van der Waals surface area contributed by atoms with Crippen LogP contribution in [0, 0.1) is 35.0 Å². The van der Waals surface area contributed by atoms with E-state index in [4.69, 9.17) is 5.73 Å². The molecular formula is C18H16N4O2S. The summed E-state index contributed by atoms with van der Waals surface area (Å²) in [6.45, 7) is 5.59. The summed E-state index contributed by atoms with van der Waals surface area (Å²) in [5.41, 5.74) is 7.04. The number of aromatic nitrogens is 1. The monoisotopic (exact) mass is 352 g/mol. The summed E-state index contributed by atoms with van der Waals surface area (Å²) < 4.78 is 1.17. The molecule has 6 nitrogen and oxygen atoms in total. The van der Waals surface area contributed by atoms with E-state index in [1.54, 1.807) is 6.92 Å². The Hall–Kier alpha value is -2.90. The van der Waals surface area contributed by atoms with Crippen LogP contribution in [-0.4, -0.2) is 10.4 Å². The summed E-state index contributed by atoms with van der Waals surface area (Å²) in [7, 11) is 0. The number of anilines is 1. The van der Waals surface area contributed by atoms with E-state index in [1.165, 1.54) is 10.6 Å². The van der Waals surface area contributed by atoms with E-state index < -0.39 is 5.56 Å². The predicted octanol–water partition coefficient (Wildman–Crippen LogP) is 2.69. The fraction of sp³-hybridized carbons (Fsp3) is 0.333. The first kappa shape index (κ1) is 16.9. The van der Waals surface area contributed by atoms with Gasteiger partial charge in [-0.25, -0.2) is 0 Å². The Bertz CT molecular complexity index is 1060. The molecule has 7 heteroatoms. The van der Waals surface area contributed by atoms with Crippen LogP contribution in [0.4, 0.5) is 5.82 Å². The molecule has 1 aliphatic carbocycles. The number of aryl methyl sites for hydroxylation is 1. The van der Waals surface area contributed by atoms with Crippen LogP contribution in [0.3, 0.4) is 0 Å². The zero-order valence-electron chi connectivity index (χ0n) is 14.1. The molecular weight excluding hydrogens is 336 g/mol. The highest BCUT2D eigenvalue weighted by atomic mass is 32.1. The van der Waals surface area contributed by atoms with E-state index >= 15 is 0 Å². The standard InChI is InChI=1S/C18H16N4O2S/c1-9-4-14(24)22(16(21)11(9)7-19)17-12(8-20)10-5-18(2,3)6-13(23)15(10)25-17/h4H,5-6,21H2,1-3H3. The Morgan fingerprint density at radius 2 is 1.84 bits per heavy atom. The highest BCUT2D eigenvalue weighted by Gasteiger charge is 2.36. The Morgan fingerprint density at radius 1 is 1.20 bits per heavy atom. The van der Waals surface area contributed by atoms with Gasteiger partial charge in [0.15, 0.2) is 5.78 Å². The van der Waals surface area contributed by atoms with Gasteiger partial charge in [0.25, 0.3) is 5.56 Å². The van der Waals surface area contributed by atoms with Crippen molar-refractivity contribution in [1.82, 2.24) is 4.57 Å². The molecule has 0 fully saturated rings. The molecule has 1 aliphatic rings. The number of rotatable bonds is 1. The van der Waals surface area contributed by atoms with Gasteiger partial charge in [0.1, 0.15) is 23.0 Å². The minimum Gasteiger partial charge on any atom is -0.384 e. The summed E-state index contributed by atoms with van der Waals surface area (Å²) in [5.74, 6) is -0.0347. The quantitative estimate of drug-likeness (QED) is 0.848. The molecule has 0 aliphatic heterocycles. The van der Waals surface area contributed by atoms with Crippen molar-refractivity contribution in [3.8, 4) is 17.1 Å². The average Bonchev–Trinajstić information content (AvgIpc) is 2.84. The lowest BCUT2D eigenvalue weighted by atomic mass is 9.75. The number of nitriles is 2. The number of ketones is 1. The number of nitrogens with zero attached hydrogens (tertiary/aromatic N) is 3. The molecule has 0 unspecified atom stereocenters. The SMILES string of the molecule is Cc1cc(=O)n(-c2sc3c(c2C#N)CC(C)(C)CC3=O)c(N)c1C#N. The summed E-state index contributed by atoms with van der Waals surface area (Å²) in [5, 5.41) is 19.3. The molecule has 2 aromatic heterocycles. The fourth-order valence-electron chi connectivity index (χ4n) is 3.28. The number of carbonyl (C=O) groups is 1. The molecule has 0 saturated heterocycles. The van der Waals surface area contributed by atoms with Gasteiger partial charge in [-0.2, -0.15) is 10.5 Å². The van der Waals surface area contributed by atoms with Crippen LogP contribution in [0.5, 0.6) is 0 Å². The Labute approximate surface area is 148 Å². The Kier molecular flexibility index (Phi) is 3.78. The Morgan fingerprint density at radius 3 is 2.44 bits per heavy atom. The molecule has 126 valence electrons. The van der Waals surface area contributed by atoms with E-state index in [0.717, 1.165) is 11.3 Å². The molecule has 0 spiro atoms. The molecule has 0 saturated carbocycles. The number of nitrogen functional groups attached to an aromatic ring is 1. The van der Waals surface area contributed by atoms with E-state index in [2.05, 4.69) is 6.07 Å². The molecule has 0 bridgehead atoms. The van der Waals surface area contributed by atoms with Crippen LogP contribution in [0.15, 0.2) is 10.9 Å². The summed E-state index contributed by atoms with van der Waals surface area (Å²) >= 11 is 1.10. The molecule has 0 aromatic carbocycles. The largest absolute Gasteiger partial charge is 0.384 e. The highest BCUT2D eigenvalue weighted by molar-refractivity contribution is 7.17. The maximum absolute atomic E-state index is 12.5. The number of carbonyl (C=O) groups excluding carboxylic acids is 1. The van der Waals surface area contributed by atoms with Gasteiger partial charge in [-0.3, -0.25) is 14.2 Å². The van der Waals surface area contributed by atoms with E-state index in [-0.39, 0.29) is 22.6 Å². The van der Waals surface area contributed by atoms with E-state index in [9.17, 15) is 20.1 Å². The molecule has 0 amide bonds. The number of thiophene rings is 1. The van der Waals surface area contributed by atoms with Crippen LogP contribution in [0.2, 0.25) is 0 Å². The van der Waals surface area contributed by atoms with Crippen LogP contribution >= 0.6 is 11.3 Å². The lowest BCUT2D eigenvalue weighted by molar-refractivity contribution is 0.0917. The van der Waals surface area contributed by atoms with Gasteiger partial charge < -0.3 is 5.73 Å². The van der Waals surface area contributed by atoms with Crippen LogP contribution in [0.25, 0.3) is 5.00 Å². The van der Waals surface area contributed by atoms with Gasteiger partial charge in [0.2, 0.25) is 0 Å². The third kappa shape index (κ3) is 2.54. The van der Waals surface area contributed by atoms with Crippen molar-refractivity contribution in [2.24, 2.45) is 5.41 Å². The maximum Gasteiger partial charge on any atom is 0.257 e. The zero-order valence-corrected chi connectivity index (χ0v) is 15.0. The second-order valence-corrected chi connectivity index (χ2v) is 8.01. The molecule has 0 atom stereocenters. The van der Waals surface area contributed by atoms with Crippen molar-refractivity contribution in [3.63, 3.8) is 0 Å². The maximum atomic E-state index is 12.5. The second kappa shape index (κ2) is 5.58. The normalized spacial score (nSPS) is 15.3. The van der Waals surface area contributed by atoms with Crippen molar-refractivity contribution in [2.75, 3.05) is 5.73 Å².